The van der Waals surface area contributed by atoms with Crippen LogP contribution in [-0.2, 0) is 9.84 Å². The Morgan fingerprint density at radius 1 is 1.25 bits per heavy atom. The molecule has 1 aromatic rings. The van der Waals surface area contributed by atoms with Crippen LogP contribution in [0.1, 0.15) is 13.3 Å². The van der Waals surface area contributed by atoms with Gasteiger partial charge in [-0.15, -0.1) is 0 Å². The van der Waals surface area contributed by atoms with Crippen LogP contribution in [0.2, 0.25) is 0 Å². The number of hydrogen-bond donors (Lipinski definition) is 2. The summed E-state index contributed by atoms with van der Waals surface area (Å²) in [7, 11) is -5.28. The molecule has 1 aromatic carbocycles. The topological polar surface area (TPSA) is 58.2 Å². The highest BCUT2D eigenvalue weighted by molar-refractivity contribution is 7.92. The molecule has 1 atom stereocenters. The van der Waals surface area contributed by atoms with Crippen LogP contribution in [0, 0.1) is 0 Å². The minimum atomic E-state index is -5.28. The smallest absolute Gasteiger partial charge is 0.379 e. The zero-order chi connectivity index (χ0) is 15.0. The maximum absolute atomic E-state index is 12.4. The molecule has 1 saturated heterocycles. The normalized spacial score (nSPS) is 23.8. The first-order valence-electron chi connectivity index (χ1n) is 6.04. The summed E-state index contributed by atoms with van der Waals surface area (Å²) in [6.07, 6.45) is 0.885. The fourth-order valence-electron chi connectivity index (χ4n) is 2.12. The van der Waals surface area contributed by atoms with Gasteiger partial charge in [0.25, 0.3) is 9.84 Å². The molecule has 1 unspecified atom stereocenters. The zero-order valence-electron chi connectivity index (χ0n) is 10.8. The molecule has 8 heteroatoms. The van der Waals surface area contributed by atoms with Crippen molar-refractivity contribution in [3.05, 3.63) is 24.3 Å². The zero-order valence-corrected chi connectivity index (χ0v) is 11.6. The van der Waals surface area contributed by atoms with Crippen molar-refractivity contribution in [2.24, 2.45) is 0 Å². The molecule has 4 nitrogen and oxygen atoms in total. The molecule has 1 aliphatic heterocycles. The van der Waals surface area contributed by atoms with Gasteiger partial charge in [0, 0.05) is 17.8 Å². The van der Waals surface area contributed by atoms with Crippen LogP contribution >= 0.6 is 0 Å². The highest BCUT2D eigenvalue weighted by Gasteiger charge is 2.46. The molecular weight excluding hydrogens is 293 g/mol. The highest BCUT2D eigenvalue weighted by atomic mass is 32.2. The fourth-order valence-corrected chi connectivity index (χ4v) is 2.88. The number of sulfone groups is 1. The first-order chi connectivity index (χ1) is 9.14. The average Bonchev–Trinajstić information content (AvgIpc) is 2.75. The van der Waals surface area contributed by atoms with E-state index in [0.29, 0.717) is 5.69 Å². The lowest BCUT2D eigenvalue weighted by Gasteiger charge is -2.26. The first kappa shape index (κ1) is 15.1. The number of rotatable bonds is 3. The molecule has 0 bridgehead atoms. The second kappa shape index (κ2) is 4.92. The lowest BCUT2D eigenvalue weighted by molar-refractivity contribution is -0.0436. The van der Waals surface area contributed by atoms with Crippen LogP contribution in [0.4, 0.5) is 18.9 Å². The molecule has 0 aliphatic carbocycles. The van der Waals surface area contributed by atoms with Crippen LogP contribution in [0.15, 0.2) is 29.2 Å². The van der Waals surface area contributed by atoms with E-state index in [-0.39, 0.29) is 5.54 Å². The molecule has 1 fully saturated rings. The van der Waals surface area contributed by atoms with Gasteiger partial charge in [-0.2, -0.15) is 13.2 Å². The maximum Gasteiger partial charge on any atom is 0.501 e. The summed E-state index contributed by atoms with van der Waals surface area (Å²) in [4.78, 5) is -0.745. The van der Waals surface area contributed by atoms with Crippen LogP contribution in [0.25, 0.3) is 0 Å². The summed E-state index contributed by atoms with van der Waals surface area (Å²) in [5.74, 6) is 0. The van der Waals surface area contributed by atoms with Gasteiger partial charge >= 0.3 is 5.51 Å². The van der Waals surface area contributed by atoms with Gasteiger partial charge in [-0.25, -0.2) is 8.42 Å². The maximum atomic E-state index is 12.4. The number of hydrogen-bond acceptors (Lipinski definition) is 4. The third kappa shape index (κ3) is 2.90. The van der Waals surface area contributed by atoms with Gasteiger partial charge < -0.3 is 10.6 Å². The molecule has 0 amide bonds. The summed E-state index contributed by atoms with van der Waals surface area (Å²) in [5, 5.41) is 6.38. The van der Waals surface area contributed by atoms with Crippen molar-refractivity contribution < 1.29 is 21.6 Å². The Balaban J connectivity index is 2.19. The van der Waals surface area contributed by atoms with E-state index in [1.165, 1.54) is 12.1 Å². The summed E-state index contributed by atoms with van der Waals surface area (Å²) >= 11 is 0. The Labute approximate surface area is 115 Å². The van der Waals surface area contributed by atoms with Crippen LogP contribution in [0.5, 0.6) is 0 Å². The molecule has 2 rings (SSSR count). The van der Waals surface area contributed by atoms with Crippen molar-refractivity contribution in [2.75, 3.05) is 18.4 Å². The van der Waals surface area contributed by atoms with Crippen molar-refractivity contribution in [3.8, 4) is 0 Å². The van der Waals surface area contributed by atoms with E-state index in [9.17, 15) is 21.6 Å². The predicted molar refractivity (Wildman–Crippen MR) is 69.2 cm³/mol. The van der Waals surface area contributed by atoms with E-state index in [2.05, 4.69) is 10.6 Å². The summed E-state index contributed by atoms with van der Waals surface area (Å²) in [6.45, 7) is 3.60. The Morgan fingerprint density at radius 3 is 2.30 bits per heavy atom. The SMILES string of the molecule is CC1(Nc2ccc(S(=O)(=O)C(F)(F)F)cc2)CCNC1. The number of nitrogens with one attached hydrogen (secondary N) is 2. The van der Waals surface area contributed by atoms with Gasteiger partial charge in [0.15, 0.2) is 0 Å². The van der Waals surface area contributed by atoms with Crippen LogP contribution < -0.4 is 10.6 Å². The largest absolute Gasteiger partial charge is 0.501 e. The summed E-state index contributed by atoms with van der Waals surface area (Å²) in [5.41, 5.74) is -4.86. The minimum Gasteiger partial charge on any atom is -0.379 e. The quantitative estimate of drug-likeness (QED) is 0.898. The second-order valence-corrected chi connectivity index (χ2v) is 7.03. The van der Waals surface area contributed by atoms with Crippen molar-refractivity contribution in [1.29, 1.82) is 0 Å². The van der Waals surface area contributed by atoms with Gasteiger partial charge in [-0.3, -0.25) is 0 Å². The second-order valence-electron chi connectivity index (χ2n) is 5.09. The number of anilines is 1. The molecule has 1 heterocycles. The Hall–Kier alpha value is -1.28. The van der Waals surface area contributed by atoms with Crippen LogP contribution in [-0.4, -0.2) is 32.6 Å². The summed E-state index contributed by atoms with van der Waals surface area (Å²) < 4.78 is 59.6. The molecule has 112 valence electrons. The monoisotopic (exact) mass is 308 g/mol. The van der Waals surface area contributed by atoms with Crippen molar-refractivity contribution in [1.82, 2.24) is 5.32 Å². The molecule has 2 N–H and O–H groups in total. The van der Waals surface area contributed by atoms with E-state index < -0.39 is 20.2 Å². The fraction of sp³-hybridized carbons (Fsp3) is 0.500. The lowest BCUT2D eigenvalue weighted by Crippen LogP contribution is -2.36. The van der Waals surface area contributed by atoms with Crippen molar-refractivity contribution >= 4 is 15.5 Å². The third-order valence-electron chi connectivity index (χ3n) is 3.28. The molecular formula is C12H15F3N2O2S. The van der Waals surface area contributed by atoms with Crippen LogP contribution in [0.3, 0.4) is 0 Å². The number of benzene rings is 1. The predicted octanol–water partition coefficient (Wildman–Crippen LogP) is 2.14. The lowest BCUT2D eigenvalue weighted by atomic mass is 10.0. The number of alkyl halides is 3. The van der Waals surface area contributed by atoms with Gasteiger partial charge in [0.1, 0.15) is 0 Å². The molecule has 0 spiro atoms. The van der Waals surface area contributed by atoms with E-state index in [4.69, 9.17) is 0 Å². The van der Waals surface area contributed by atoms with E-state index in [1.807, 2.05) is 6.92 Å². The number of halogens is 3. The summed E-state index contributed by atoms with van der Waals surface area (Å²) in [6, 6.07) is 4.64. The van der Waals surface area contributed by atoms with Gasteiger partial charge in [0.05, 0.1) is 4.90 Å². The Kier molecular flexibility index (Phi) is 3.72. The van der Waals surface area contributed by atoms with Crippen molar-refractivity contribution in [3.63, 3.8) is 0 Å². The standard InChI is InChI=1S/C12H15F3N2O2S/c1-11(6-7-16-8-11)17-9-2-4-10(5-3-9)20(18,19)12(13,14)15/h2-5,16-17H,6-8H2,1H3. The molecule has 20 heavy (non-hydrogen) atoms. The highest BCUT2D eigenvalue weighted by Crippen LogP contribution is 2.31. The van der Waals surface area contributed by atoms with Crippen molar-refractivity contribution in [2.45, 2.75) is 29.3 Å². The average molecular weight is 308 g/mol. The van der Waals surface area contributed by atoms with Gasteiger partial charge in [-0.1, -0.05) is 0 Å². The van der Waals surface area contributed by atoms with Gasteiger partial charge in [-0.05, 0) is 44.2 Å². The minimum absolute atomic E-state index is 0.176. The van der Waals surface area contributed by atoms with E-state index >= 15 is 0 Å². The third-order valence-corrected chi connectivity index (χ3v) is 4.79. The molecule has 0 saturated carbocycles. The Bertz CT molecular complexity index is 576. The first-order valence-corrected chi connectivity index (χ1v) is 7.53. The molecule has 0 aromatic heterocycles. The Morgan fingerprint density at radius 2 is 1.85 bits per heavy atom. The molecule has 0 radical (unpaired) electrons. The van der Waals surface area contributed by atoms with E-state index in [1.54, 1.807) is 0 Å². The van der Waals surface area contributed by atoms with Gasteiger partial charge in [0.2, 0.25) is 0 Å². The van der Waals surface area contributed by atoms with E-state index in [0.717, 1.165) is 31.6 Å². The molecule has 1 aliphatic rings.